The zero-order chi connectivity index (χ0) is 6.85. The summed E-state index contributed by atoms with van der Waals surface area (Å²) < 4.78 is 0. The molecule has 0 aromatic carbocycles. The van der Waals surface area contributed by atoms with Crippen molar-refractivity contribution in [2.75, 3.05) is 0 Å². The Kier molecular flexibility index (Phi) is 1.73. The van der Waals surface area contributed by atoms with Crippen molar-refractivity contribution in [1.82, 2.24) is 0 Å². The fraction of sp³-hybridized carbons (Fsp3) is 0.857. The second kappa shape index (κ2) is 2.36. The van der Waals surface area contributed by atoms with Crippen LogP contribution in [0.2, 0.25) is 0 Å². The molecule has 0 aromatic heterocycles. The summed E-state index contributed by atoms with van der Waals surface area (Å²) in [5.41, 5.74) is 0. The number of nitriles is 1. The Bertz CT molecular complexity index is 130. The molecule has 0 aliphatic heterocycles. The second-order valence-electron chi connectivity index (χ2n) is 2.73. The smallest absolute Gasteiger partial charge is 0.0748 e. The van der Waals surface area contributed by atoms with E-state index in [0.29, 0.717) is 5.92 Å². The van der Waals surface area contributed by atoms with E-state index in [1.807, 2.05) is 0 Å². The van der Waals surface area contributed by atoms with Crippen molar-refractivity contribution >= 4 is 0 Å². The summed E-state index contributed by atoms with van der Waals surface area (Å²) in [6.45, 7) is 1.69. The molecule has 0 amide bonds. The van der Waals surface area contributed by atoms with E-state index in [9.17, 15) is 0 Å². The second-order valence-corrected chi connectivity index (χ2v) is 2.73. The Hall–Kier alpha value is -0.550. The highest BCUT2D eigenvalue weighted by Gasteiger charge is 2.33. The van der Waals surface area contributed by atoms with Crippen LogP contribution in [0.15, 0.2) is 0 Å². The summed E-state index contributed by atoms with van der Waals surface area (Å²) in [6, 6.07) is 2.11. The van der Waals surface area contributed by atoms with Gasteiger partial charge in [-0.3, -0.25) is 0 Å². The average Bonchev–Trinajstić information content (AvgIpc) is 2.50. The van der Waals surface area contributed by atoms with Crippen LogP contribution in [0.25, 0.3) is 0 Å². The lowest BCUT2D eigenvalue weighted by Gasteiger charge is -2.08. The van der Waals surface area contributed by atoms with Crippen molar-refractivity contribution in [2.45, 2.75) is 25.9 Å². The predicted molar refractivity (Wildman–Crippen MR) is 33.5 cm³/mol. The summed E-state index contributed by atoms with van der Waals surface area (Å²) >= 11 is 0. The molecule has 1 N–H and O–H groups in total. The zero-order valence-electron chi connectivity index (χ0n) is 5.54. The highest BCUT2D eigenvalue weighted by molar-refractivity contribution is 4.96. The Morgan fingerprint density at radius 1 is 1.67 bits per heavy atom. The summed E-state index contributed by atoms with van der Waals surface area (Å²) in [5, 5.41) is 17.5. The first kappa shape index (κ1) is 6.57. The van der Waals surface area contributed by atoms with E-state index >= 15 is 0 Å². The normalized spacial score (nSPS) is 24.6. The molecule has 0 bridgehead atoms. The molecular weight excluding hydrogens is 114 g/mol. The first-order valence-electron chi connectivity index (χ1n) is 3.33. The number of hydrogen-bond acceptors (Lipinski definition) is 2. The van der Waals surface area contributed by atoms with Gasteiger partial charge in [-0.15, -0.1) is 0 Å². The number of aliphatic hydroxyl groups is 1. The molecule has 2 nitrogen and oxygen atoms in total. The lowest BCUT2D eigenvalue weighted by Crippen LogP contribution is -2.16. The number of hydrogen-bond donors (Lipinski definition) is 1. The Morgan fingerprint density at radius 2 is 2.22 bits per heavy atom. The first-order valence-corrected chi connectivity index (χ1v) is 3.33. The molecule has 1 fully saturated rings. The van der Waals surface area contributed by atoms with Gasteiger partial charge in [0, 0.05) is 0 Å². The number of aliphatic hydroxyl groups excluding tert-OH is 1. The number of rotatable bonds is 2. The fourth-order valence-corrected chi connectivity index (χ4v) is 1.06. The third-order valence-electron chi connectivity index (χ3n) is 1.80. The molecule has 1 aliphatic rings. The topological polar surface area (TPSA) is 44.0 Å². The van der Waals surface area contributed by atoms with E-state index in [2.05, 4.69) is 6.07 Å². The molecule has 0 heterocycles. The quantitative estimate of drug-likeness (QED) is 0.596. The molecule has 2 heteroatoms. The van der Waals surface area contributed by atoms with Gasteiger partial charge in [0.15, 0.2) is 0 Å². The van der Waals surface area contributed by atoms with Crippen LogP contribution < -0.4 is 0 Å². The number of nitrogens with zero attached hydrogens (tertiary/aromatic N) is 1. The van der Waals surface area contributed by atoms with Crippen LogP contribution in [0, 0.1) is 23.2 Å². The molecule has 0 spiro atoms. The third kappa shape index (κ3) is 1.43. The van der Waals surface area contributed by atoms with Crippen LogP contribution in [0.3, 0.4) is 0 Å². The molecule has 0 radical (unpaired) electrons. The maximum atomic E-state index is 9.00. The molecule has 0 aromatic rings. The maximum Gasteiger partial charge on any atom is 0.0748 e. The zero-order valence-corrected chi connectivity index (χ0v) is 5.54. The lowest BCUT2D eigenvalue weighted by molar-refractivity contribution is 0.141. The van der Waals surface area contributed by atoms with Crippen molar-refractivity contribution in [3.8, 4) is 6.07 Å². The van der Waals surface area contributed by atoms with E-state index in [1.54, 1.807) is 6.92 Å². The van der Waals surface area contributed by atoms with Crippen molar-refractivity contribution in [1.29, 1.82) is 5.26 Å². The summed E-state index contributed by atoms with van der Waals surface area (Å²) in [6.07, 6.45) is 1.81. The summed E-state index contributed by atoms with van der Waals surface area (Å²) in [7, 11) is 0. The van der Waals surface area contributed by atoms with E-state index in [1.165, 1.54) is 0 Å². The van der Waals surface area contributed by atoms with Gasteiger partial charge in [-0.05, 0) is 25.7 Å². The Labute approximate surface area is 55.1 Å². The Balaban J connectivity index is 2.40. The minimum Gasteiger partial charge on any atom is -0.392 e. The SMILES string of the molecule is CC(O)C(C#N)C1CC1. The van der Waals surface area contributed by atoms with Crippen LogP contribution >= 0.6 is 0 Å². The molecule has 1 rings (SSSR count). The highest BCUT2D eigenvalue weighted by Crippen LogP contribution is 2.37. The molecule has 2 unspecified atom stereocenters. The molecule has 0 saturated heterocycles. The minimum atomic E-state index is -0.442. The van der Waals surface area contributed by atoms with Gasteiger partial charge in [0.1, 0.15) is 0 Å². The maximum absolute atomic E-state index is 9.00. The van der Waals surface area contributed by atoms with E-state index in [-0.39, 0.29) is 5.92 Å². The van der Waals surface area contributed by atoms with Gasteiger partial charge in [-0.25, -0.2) is 0 Å². The standard InChI is InChI=1S/C7H11NO/c1-5(9)7(4-8)6-2-3-6/h5-7,9H,2-3H2,1H3. The van der Waals surface area contributed by atoms with Crippen LogP contribution in [-0.2, 0) is 0 Å². The lowest BCUT2D eigenvalue weighted by atomic mass is 10.0. The Morgan fingerprint density at radius 3 is 2.33 bits per heavy atom. The van der Waals surface area contributed by atoms with Crippen molar-refractivity contribution in [3.05, 3.63) is 0 Å². The van der Waals surface area contributed by atoms with Crippen molar-refractivity contribution in [3.63, 3.8) is 0 Å². The van der Waals surface area contributed by atoms with Crippen molar-refractivity contribution in [2.24, 2.45) is 11.8 Å². The van der Waals surface area contributed by atoms with Crippen LogP contribution in [0.5, 0.6) is 0 Å². The fourth-order valence-electron chi connectivity index (χ4n) is 1.06. The molecule has 50 valence electrons. The summed E-state index contributed by atoms with van der Waals surface area (Å²) in [4.78, 5) is 0. The molecule has 1 saturated carbocycles. The van der Waals surface area contributed by atoms with Gasteiger partial charge in [-0.1, -0.05) is 0 Å². The third-order valence-corrected chi connectivity index (χ3v) is 1.80. The van der Waals surface area contributed by atoms with E-state index in [0.717, 1.165) is 12.8 Å². The molecular formula is C7H11NO. The van der Waals surface area contributed by atoms with E-state index < -0.39 is 6.10 Å². The van der Waals surface area contributed by atoms with Crippen molar-refractivity contribution < 1.29 is 5.11 Å². The predicted octanol–water partition coefficient (Wildman–Crippen LogP) is 0.917. The molecule has 2 atom stereocenters. The minimum absolute atomic E-state index is 0.106. The highest BCUT2D eigenvalue weighted by atomic mass is 16.3. The van der Waals surface area contributed by atoms with E-state index in [4.69, 9.17) is 10.4 Å². The average molecular weight is 125 g/mol. The first-order chi connectivity index (χ1) is 4.25. The van der Waals surface area contributed by atoms with Gasteiger partial charge < -0.3 is 5.11 Å². The molecule has 1 aliphatic carbocycles. The van der Waals surface area contributed by atoms with Gasteiger partial charge >= 0.3 is 0 Å². The van der Waals surface area contributed by atoms with Gasteiger partial charge in [0.05, 0.1) is 18.1 Å². The molecule has 9 heavy (non-hydrogen) atoms. The van der Waals surface area contributed by atoms with Gasteiger partial charge in [-0.2, -0.15) is 5.26 Å². The van der Waals surface area contributed by atoms with Gasteiger partial charge in [0.25, 0.3) is 0 Å². The van der Waals surface area contributed by atoms with Crippen LogP contribution in [0.1, 0.15) is 19.8 Å². The van der Waals surface area contributed by atoms with Crippen LogP contribution in [-0.4, -0.2) is 11.2 Å². The van der Waals surface area contributed by atoms with Crippen LogP contribution in [0.4, 0.5) is 0 Å². The van der Waals surface area contributed by atoms with Gasteiger partial charge in [0.2, 0.25) is 0 Å². The monoisotopic (exact) mass is 125 g/mol. The largest absolute Gasteiger partial charge is 0.392 e. The summed E-state index contributed by atoms with van der Waals surface area (Å²) in [5.74, 6) is 0.389.